The monoisotopic (exact) mass is 281 g/mol. The van der Waals surface area contributed by atoms with Gasteiger partial charge in [0, 0.05) is 19.2 Å². The molecule has 1 fully saturated rings. The maximum atomic E-state index is 11.2. The molecule has 7 nitrogen and oxygen atoms in total. The first kappa shape index (κ1) is 14.4. The average Bonchev–Trinajstić information content (AvgIpc) is 2.47. The standard InChI is InChI=1S/C13H19N3O4/c1-19-12-8-10(14-15-6-4-3-5-7-15)11(16(17)18)9-13(12)20-2/h8-9,14H,3-7H2,1-2H3. The molecular weight excluding hydrogens is 262 g/mol. The summed E-state index contributed by atoms with van der Waals surface area (Å²) in [6.45, 7) is 1.76. The summed E-state index contributed by atoms with van der Waals surface area (Å²) in [5.41, 5.74) is 3.52. The first-order chi connectivity index (χ1) is 9.65. The van der Waals surface area contributed by atoms with E-state index in [9.17, 15) is 10.1 Å². The number of hydrogen-bond donors (Lipinski definition) is 1. The van der Waals surface area contributed by atoms with Crippen molar-refractivity contribution in [3.8, 4) is 11.5 Å². The van der Waals surface area contributed by atoms with Crippen molar-refractivity contribution >= 4 is 11.4 Å². The van der Waals surface area contributed by atoms with Crippen LogP contribution in [-0.4, -0.2) is 37.2 Å². The lowest BCUT2D eigenvalue weighted by Gasteiger charge is -2.27. The third kappa shape index (κ3) is 3.11. The second-order valence-electron chi connectivity index (χ2n) is 4.64. The predicted octanol–water partition coefficient (Wildman–Crippen LogP) is 2.42. The van der Waals surface area contributed by atoms with Crippen molar-refractivity contribution in [3.05, 3.63) is 22.2 Å². The molecule has 0 unspecified atom stereocenters. The van der Waals surface area contributed by atoms with E-state index in [0.717, 1.165) is 25.9 Å². The molecule has 0 aromatic heterocycles. The summed E-state index contributed by atoms with van der Waals surface area (Å²) in [6.07, 6.45) is 3.38. The van der Waals surface area contributed by atoms with Gasteiger partial charge in [-0.3, -0.25) is 10.1 Å². The van der Waals surface area contributed by atoms with E-state index in [4.69, 9.17) is 9.47 Å². The van der Waals surface area contributed by atoms with Crippen LogP contribution in [0.3, 0.4) is 0 Å². The first-order valence-electron chi connectivity index (χ1n) is 6.57. The van der Waals surface area contributed by atoms with Crippen LogP contribution in [0, 0.1) is 10.1 Å². The topological polar surface area (TPSA) is 76.9 Å². The second kappa shape index (κ2) is 6.42. The molecule has 0 atom stereocenters. The average molecular weight is 281 g/mol. The number of nitro benzene ring substituents is 1. The van der Waals surface area contributed by atoms with E-state index in [0.29, 0.717) is 17.2 Å². The Labute approximate surface area is 117 Å². The van der Waals surface area contributed by atoms with E-state index in [1.54, 1.807) is 6.07 Å². The highest BCUT2D eigenvalue weighted by Crippen LogP contribution is 2.37. The van der Waals surface area contributed by atoms with Gasteiger partial charge in [0.15, 0.2) is 11.5 Å². The van der Waals surface area contributed by atoms with Crippen molar-refractivity contribution < 1.29 is 14.4 Å². The van der Waals surface area contributed by atoms with E-state index >= 15 is 0 Å². The summed E-state index contributed by atoms with van der Waals surface area (Å²) < 4.78 is 10.3. The van der Waals surface area contributed by atoms with Gasteiger partial charge in [-0.15, -0.1) is 0 Å². The lowest BCUT2D eigenvalue weighted by Crippen LogP contribution is -2.35. The van der Waals surface area contributed by atoms with Gasteiger partial charge in [-0.25, -0.2) is 5.01 Å². The first-order valence-corrected chi connectivity index (χ1v) is 6.57. The van der Waals surface area contributed by atoms with Crippen LogP contribution in [-0.2, 0) is 0 Å². The number of hydrazine groups is 1. The molecule has 1 aliphatic rings. The van der Waals surface area contributed by atoms with Crippen molar-refractivity contribution in [3.63, 3.8) is 0 Å². The molecule has 2 rings (SSSR count). The highest BCUT2D eigenvalue weighted by atomic mass is 16.6. The third-order valence-corrected chi connectivity index (χ3v) is 3.33. The van der Waals surface area contributed by atoms with Crippen LogP contribution in [0.4, 0.5) is 11.4 Å². The van der Waals surface area contributed by atoms with E-state index in [1.807, 2.05) is 5.01 Å². The minimum Gasteiger partial charge on any atom is -0.493 e. The zero-order valence-electron chi connectivity index (χ0n) is 11.7. The fourth-order valence-electron chi connectivity index (χ4n) is 2.28. The summed E-state index contributed by atoms with van der Waals surface area (Å²) in [6, 6.07) is 2.98. The molecule has 7 heteroatoms. The van der Waals surface area contributed by atoms with Crippen molar-refractivity contribution in [2.24, 2.45) is 0 Å². The predicted molar refractivity (Wildman–Crippen MR) is 75.2 cm³/mol. The highest BCUT2D eigenvalue weighted by molar-refractivity contribution is 5.68. The molecule has 0 aliphatic carbocycles. The van der Waals surface area contributed by atoms with Gasteiger partial charge < -0.3 is 14.9 Å². The van der Waals surface area contributed by atoms with Crippen LogP contribution < -0.4 is 14.9 Å². The van der Waals surface area contributed by atoms with Crippen LogP contribution in [0.2, 0.25) is 0 Å². The number of nitrogens with one attached hydrogen (secondary N) is 1. The fourth-order valence-corrected chi connectivity index (χ4v) is 2.28. The molecule has 0 amide bonds. The van der Waals surface area contributed by atoms with Crippen molar-refractivity contribution in [1.82, 2.24) is 5.01 Å². The SMILES string of the molecule is COc1cc(NN2CCCCC2)c([N+](=O)[O-])cc1OC. The maximum Gasteiger partial charge on any atom is 0.297 e. The largest absolute Gasteiger partial charge is 0.493 e. The number of benzene rings is 1. The van der Waals surface area contributed by atoms with Crippen LogP contribution >= 0.6 is 0 Å². The van der Waals surface area contributed by atoms with Gasteiger partial charge in [0.2, 0.25) is 0 Å². The summed E-state index contributed by atoms with van der Waals surface area (Å²) >= 11 is 0. The Hall–Kier alpha value is -2.02. The highest BCUT2D eigenvalue weighted by Gasteiger charge is 2.21. The normalized spacial score (nSPS) is 15.7. The summed E-state index contributed by atoms with van der Waals surface area (Å²) in [5, 5.41) is 13.2. The van der Waals surface area contributed by atoms with E-state index in [-0.39, 0.29) is 5.69 Å². The summed E-state index contributed by atoms with van der Waals surface area (Å²) in [5.74, 6) is 0.820. The number of anilines is 1. The maximum absolute atomic E-state index is 11.2. The lowest BCUT2D eigenvalue weighted by atomic mass is 10.2. The summed E-state index contributed by atoms with van der Waals surface area (Å²) in [4.78, 5) is 10.8. The molecule has 1 aromatic rings. The Balaban J connectivity index is 2.30. The van der Waals surface area contributed by atoms with Gasteiger partial charge >= 0.3 is 0 Å². The molecular formula is C13H19N3O4. The molecule has 1 N–H and O–H groups in total. The van der Waals surface area contributed by atoms with Gasteiger partial charge in [0.25, 0.3) is 5.69 Å². The van der Waals surface area contributed by atoms with E-state index < -0.39 is 4.92 Å². The molecule has 1 aliphatic heterocycles. The Kier molecular flexibility index (Phi) is 4.62. The quantitative estimate of drug-likeness (QED) is 0.659. The Morgan fingerprint density at radius 1 is 1.15 bits per heavy atom. The number of rotatable bonds is 5. The molecule has 0 spiro atoms. The van der Waals surface area contributed by atoms with Crippen molar-refractivity contribution in [2.75, 3.05) is 32.7 Å². The zero-order valence-corrected chi connectivity index (χ0v) is 11.7. The third-order valence-electron chi connectivity index (χ3n) is 3.33. The molecule has 0 radical (unpaired) electrons. The number of ether oxygens (including phenoxy) is 2. The fraction of sp³-hybridized carbons (Fsp3) is 0.538. The molecule has 1 saturated heterocycles. The number of nitrogens with zero attached hydrogens (tertiary/aromatic N) is 2. The molecule has 1 aromatic carbocycles. The second-order valence-corrected chi connectivity index (χ2v) is 4.64. The number of piperidine rings is 1. The minimum atomic E-state index is -0.422. The Morgan fingerprint density at radius 2 is 1.75 bits per heavy atom. The summed E-state index contributed by atoms with van der Waals surface area (Å²) in [7, 11) is 2.97. The van der Waals surface area contributed by atoms with Crippen LogP contribution in [0.25, 0.3) is 0 Å². The van der Waals surface area contributed by atoms with Gasteiger partial charge in [-0.1, -0.05) is 6.42 Å². The van der Waals surface area contributed by atoms with E-state index in [1.165, 1.54) is 26.7 Å². The van der Waals surface area contributed by atoms with Crippen molar-refractivity contribution in [2.45, 2.75) is 19.3 Å². The van der Waals surface area contributed by atoms with Crippen LogP contribution in [0.15, 0.2) is 12.1 Å². The Morgan fingerprint density at radius 3 is 2.30 bits per heavy atom. The van der Waals surface area contributed by atoms with Gasteiger partial charge in [-0.2, -0.15) is 0 Å². The molecule has 0 bridgehead atoms. The minimum absolute atomic E-state index is 0.0202. The molecule has 1 heterocycles. The lowest BCUT2D eigenvalue weighted by molar-refractivity contribution is -0.384. The molecule has 0 saturated carbocycles. The molecule has 20 heavy (non-hydrogen) atoms. The number of hydrogen-bond acceptors (Lipinski definition) is 6. The van der Waals surface area contributed by atoms with Crippen molar-refractivity contribution in [1.29, 1.82) is 0 Å². The van der Waals surface area contributed by atoms with Crippen LogP contribution in [0.5, 0.6) is 11.5 Å². The molecule has 110 valence electrons. The number of methoxy groups -OCH3 is 2. The van der Waals surface area contributed by atoms with Gasteiger partial charge in [0.05, 0.1) is 25.2 Å². The van der Waals surface area contributed by atoms with Crippen LogP contribution in [0.1, 0.15) is 19.3 Å². The van der Waals surface area contributed by atoms with E-state index in [2.05, 4.69) is 5.43 Å². The number of nitro groups is 1. The smallest absolute Gasteiger partial charge is 0.297 e. The Bertz CT molecular complexity index is 487. The van der Waals surface area contributed by atoms with Gasteiger partial charge in [0.1, 0.15) is 5.69 Å². The zero-order chi connectivity index (χ0) is 14.5. The van der Waals surface area contributed by atoms with Gasteiger partial charge in [-0.05, 0) is 12.8 Å².